The summed E-state index contributed by atoms with van der Waals surface area (Å²) in [5.74, 6) is -0.339. The van der Waals surface area contributed by atoms with E-state index in [0.717, 1.165) is 43.4 Å². The van der Waals surface area contributed by atoms with E-state index in [-0.39, 0.29) is 24.5 Å². The molecule has 2 aliphatic rings. The number of ether oxygens (including phenoxy) is 1. The Bertz CT molecular complexity index is 597. The van der Waals surface area contributed by atoms with Gasteiger partial charge in [0.1, 0.15) is 5.76 Å². The number of likely N-dealkylation sites (tertiary alicyclic amines) is 1. The van der Waals surface area contributed by atoms with Crippen LogP contribution >= 0.6 is 0 Å². The molecule has 7 nitrogen and oxygen atoms in total. The Morgan fingerprint density at radius 2 is 2.13 bits per heavy atom. The van der Waals surface area contributed by atoms with Gasteiger partial charge in [-0.2, -0.15) is 0 Å². The summed E-state index contributed by atoms with van der Waals surface area (Å²) >= 11 is 0. The summed E-state index contributed by atoms with van der Waals surface area (Å²) in [6.45, 7) is 0.398. The maximum atomic E-state index is 12.9. The summed E-state index contributed by atoms with van der Waals surface area (Å²) in [5.41, 5.74) is 1.26. The first kappa shape index (κ1) is 16.0. The number of methoxy groups -OCH3 is 1. The van der Waals surface area contributed by atoms with Crippen molar-refractivity contribution in [3.63, 3.8) is 0 Å². The Hall–Kier alpha value is -1.89. The molecular weight excluding hydrogens is 300 g/mol. The van der Waals surface area contributed by atoms with E-state index in [1.54, 1.807) is 12.0 Å². The molecule has 2 unspecified atom stereocenters. The van der Waals surface area contributed by atoms with Crippen molar-refractivity contribution in [3.8, 4) is 0 Å². The van der Waals surface area contributed by atoms with Crippen LogP contribution in [0.3, 0.4) is 0 Å². The highest BCUT2D eigenvalue weighted by Gasteiger charge is 2.39. The van der Waals surface area contributed by atoms with E-state index in [2.05, 4.69) is 5.16 Å². The van der Waals surface area contributed by atoms with Gasteiger partial charge in [0.2, 0.25) is 0 Å². The quantitative estimate of drug-likeness (QED) is 0.847. The normalized spacial score (nSPS) is 24.3. The van der Waals surface area contributed by atoms with Crippen LogP contribution in [-0.2, 0) is 22.4 Å². The molecule has 1 aromatic rings. The highest BCUT2D eigenvalue weighted by molar-refractivity contribution is 5.94. The third-order valence-electron chi connectivity index (χ3n) is 4.78. The third kappa shape index (κ3) is 3.24. The van der Waals surface area contributed by atoms with E-state index in [9.17, 15) is 9.59 Å². The number of carboxylic acid groups (broad SMARTS) is 1. The molecule has 3 rings (SSSR count). The van der Waals surface area contributed by atoms with Gasteiger partial charge in [-0.25, -0.2) is 0 Å². The van der Waals surface area contributed by atoms with Crippen molar-refractivity contribution in [1.82, 2.24) is 10.1 Å². The van der Waals surface area contributed by atoms with Gasteiger partial charge in [0.25, 0.3) is 5.91 Å². The molecular formula is C16H22N2O5. The van der Waals surface area contributed by atoms with Crippen LogP contribution in [-0.4, -0.2) is 52.8 Å². The molecule has 2 heterocycles. The number of amides is 1. The maximum Gasteiger partial charge on any atom is 0.305 e. The Balaban J connectivity index is 1.83. The van der Waals surface area contributed by atoms with Crippen molar-refractivity contribution < 1.29 is 24.0 Å². The van der Waals surface area contributed by atoms with Crippen molar-refractivity contribution in [3.05, 3.63) is 17.0 Å². The first-order valence-corrected chi connectivity index (χ1v) is 8.13. The zero-order valence-corrected chi connectivity index (χ0v) is 13.3. The number of hydrogen-bond donors (Lipinski definition) is 1. The number of aryl methyl sites for hydroxylation is 1. The lowest BCUT2D eigenvalue weighted by Crippen LogP contribution is -2.38. The average Bonchev–Trinajstić information content (AvgIpc) is 3.03. The van der Waals surface area contributed by atoms with E-state index in [0.29, 0.717) is 18.7 Å². The number of aliphatic carboxylic acids is 1. The Morgan fingerprint density at radius 1 is 1.35 bits per heavy atom. The van der Waals surface area contributed by atoms with Gasteiger partial charge in [-0.1, -0.05) is 11.6 Å². The van der Waals surface area contributed by atoms with Crippen molar-refractivity contribution in [1.29, 1.82) is 0 Å². The van der Waals surface area contributed by atoms with Crippen LogP contribution in [0, 0.1) is 0 Å². The second kappa shape index (κ2) is 6.70. The molecule has 0 spiro atoms. The van der Waals surface area contributed by atoms with Gasteiger partial charge in [-0.3, -0.25) is 9.59 Å². The van der Waals surface area contributed by atoms with Crippen LogP contribution in [0.25, 0.3) is 0 Å². The SMILES string of the molecule is COC1CC(CC(=O)O)N(C(=O)c2noc3c2CCCCC3)C1. The van der Waals surface area contributed by atoms with Gasteiger partial charge in [0.15, 0.2) is 5.69 Å². The topological polar surface area (TPSA) is 92.9 Å². The first-order valence-electron chi connectivity index (χ1n) is 8.13. The molecule has 1 aliphatic carbocycles. The van der Waals surface area contributed by atoms with Crippen LogP contribution < -0.4 is 0 Å². The molecule has 1 aliphatic heterocycles. The minimum Gasteiger partial charge on any atom is -0.481 e. The van der Waals surface area contributed by atoms with Crippen molar-refractivity contribution in [2.45, 2.75) is 57.1 Å². The Labute approximate surface area is 134 Å². The van der Waals surface area contributed by atoms with Crippen LogP contribution in [0.4, 0.5) is 0 Å². The van der Waals surface area contributed by atoms with Crippen LogP contribution in [0.2, 0.25) is 0 Å². The number of carbonyl (C=O) groups is 2. The molecule has 2 atom stereocenters. The molecule has 7 heteroatoms. The second-order valence-electron chi connectivity index (χ2n) is 6.30. The van der Waals surface area contributed by atoms with E-state index < -0.39 is 5.97 Å². The van der Waals surface area contributed by atoms with Gasteiger partial charge in [-0.05, 0) is 25.7 Å². The summed E-state index contributed by atoms with van der Waals surface area (Å²) < 4.78 is 10.7. The molecule has 1 amide bonds. The van der Waals surface area contributed by atoms with Crippen molar-refractivity contribution >= 4 is 11.9 Å². The molecule has 1 fully saturated rings. The molecule has 0 bridgehead atoms. The van der Waals surface area contributed by atoms with E-state index in [1.165, 1.54) is 0 Å². The lowest BCUT2D eigenvalue weighted by molar-refractivity contribution is -0.138. The number of fused-ring (bicyclic) bond motifs is 1. The standard InChI is InChI=1S/C16H22N2O5/c1-22-11-7-10(8-14(19)20)18(9-11)16(21)15-12-5-3-2-4-6-13(12)23-17-15/h10-11H,2-9H2,1H3,(H,19,20). The molecule has 23 heavy (non-hydrogen) atoms. The van der Waals surface area contributed by atoms with Gasteiger partial charge in [0.05, 0.1) is 12.5 Å². The van der Waals surface area contributed by atoms with Crippen molar-refractivity contribution in [2.75, 3.05) is 13.7 Å². The molecule has 126 valence electrons. The predicted octanol–water partition coefficient (Wildman–Crippen LogP) is 1.65. The number of carbonyl (C=O) groups excluding carboxylic acids is 1. The monoisotopic (exact) mass is 322 g/mol. The number of carboxylic acids is 1. The van der Waals surface area contributed by atoms with Crippen LogP contribution in [0.1, 0.15) is 53.9 Å². The molecule has 1 aromatic heterocycles. The number of aromatic nitrogens is 1. The fourth-order valence-corrected chi connectivity index (χ4v) is 3.55. The highest BCUT2D eigenvalue weighted by Crippen LogP contribution is 2.28. The van der Waals surface area contributed by atoms with Crippen LogP contribution in [0.5, 0.6) is 0 Å². The zero-order chi connectivity index (χ0) is 16.4. The maximum absolute atomic E-state index is 12.9. The summed E-state index contributed by atoms with van der Waals surface area (Å²) in [7, 11) is 1.58. The number of rotatable bonds is 4. The number of nitrogens with zero attached hydrogens (tertiary/aromatic N) is 2. The summed E-state index contributed by atoms with van der Waals surface area (Å²) in [6, 6.07) is -0.358. The van der Waals surface area contributed by atoms with Crippen molar-refractivity contribution in [2.24, 2.45) is 0 Å². The largest absolute Gasteiger partial charge is 0.481 e. The molecule has 0 aromatic carbocycles. The van der Waals surface area contributed by atoms with E-state index >= 15 is 0 Å². The fraction of sp³-hybridized carbons (Fsp3) is 0.688. The second-order valence-corrected chi connectivity index (χ2v) is 6.30. The molecule has 0 saturated carbocycles. The zero-order valence-electron chi connectivity index (χ0n) is 13.3. The van der Waals surface area contributed by atoms with Gasteiger partial charge in [-0.15, -0.1) is 0 Å². The van der Waals surface area contributed by atoms with E-state index in [1.807, 2.05) is 0 Å². The van der Waals surface area contributed by atoms with Gasteiger partial charge < -0.3 is 19.3 Å². The molecule has 1 N–H and O–H groups in total. The van der Waals surface area contributed by atoms with E-state index in [4.69, 9.17) is 14.4 Å². The molecule has 1 saturated heterocycles. The lowest BCUT2D eigenvalue weighted by Gasteiger charge is -2.22. The third-order valence-corrected chi connectivity index (χ3v) is 4.78. The smallest absolute Gasteiger partial charge is 0.305 e. The fourth-order valence-electron chi connectivity index (χ4n) is 3.55. The summed E-state index contributed by atoms with van der Waals surface area (Å²) in [6.07, 6.45) is 5.13. The minimum absolute atomic E-state index is 0.0777. The van der Waals surface area contributed by atoms with Gasteiger partial charge in [0, 0.05) is 31.7 Å². The van der Waals surface area contributed by atoms with Gasteiger partial charge >= 0.3 is 5.97 Å². The summed E-state index contributed by atoms with van der Waals surface area (Å²) in [5, 5.41) is 13.1. The lowest BCUT2D eigenvalue weighted by atomic mass is 10.1. The predicted molar refractivity (Wildman–Crippen MR) is 80.3 cm³/mol. The Morgan fingerprint density at radius 3 is 2.87 bits per heavy atom. The Kier molecular flexibility index (Phi) is 4.66. The summed E-state index contributed by atoms with van der Waals surface area (Å²) in [4.78, 5) is 25.6. The highest BCUT2D eigenvalue weighted by atomic mass is 16.5. The minimum atomic E-state index is -0.913. The average molecular weight is 322 g/mol. The number of hydrogen-bond acceptors (Lipinski definition) is 5. The van der Waals surface area contributed by atoms with Crippen LogP contribution in [0.15, 0.2) is 4.52 Å². The first-order chi connectivity index (χ1) is 11.1. The molecule has 0 radical (unpaired) electrons.